The van der Waals surface area contributed by atoms with Gasteiger partial charge in [-0.25, -0.2) is 15.0 Å². The number of imidazole rings is 1. The zero-order valence-electron chi connectivity index (χ0n) is 14.8. The van der Waals surface area contributed by atoms with Gasteiger partial charge in [-0.05, 0) is 11.6 Å². The molecule has 0 saturated carbocycles. The highest BCUT2D eigenvalue weighted by atomic mass is 19.4. The van der Waals surface area contributed by atoms with Gasteiger partial charge in [0.25, 0.3) is 0 Å². The first-order chi connectivity index (χ1) is 13.9. The van der Waals surface area contributed by atoms with E-state index in [0.29, 0.717) is 29.4 Å². The van der Waals surface area contributed by atoms with Crippen molar-refractivity contribution in [3.05, 3.63) is 54.9 Å². The van der Waals surface area contributed by atoms with Crippen LogP contribution in [0.1, 0.15) is 5.56 Å². The SMILES string of the molecule is FC(F)(F)Cn1cc(-c2cnc3c(n2)N(Cc2ccc4nccn4c2)NN3)cn1. The lowest BCUT2D eigenvalue weighted by Crippen LogP contribution is -2.35. The number of anilines is 2. The van der Waals surface area contributed by atoms with Crippen LogP contribution >= 0.6 is 0 Å². The van der Waals surface area contributed by atoms with Crippen molar-refractivity contribution in [1.29, 1.82) is 0 Å². The lowest BCUT2D eigenvalue weighted by atomic mass is 10.2. The molecule has 5 rings (SSSR count). The molecule has 0 fully saturated rings. The minimum Gasteiger partial charge on any atom is -0.307 e. The first kappa shape index (κ1) is 17.4. The maximum Gasteiger partial charge on any atom is 0.408 e. The molecule has 4 aromatic rings. The molecule has 2 N–H and O–H groups in total. The fourth-order valence-electron chi connectivity index (χ4n) is 3.09. The molecule has 0 atom stereocenters. The van der Waals surface area contributed by atoms with Crippen molar-refractivity contribution in [2.75, 3.05) is 10.4 Å². The van der Waals surface area contributed by atoms with Gasteiger partial charge in [0.05, 0.1) is 24.6 Å². The predicted octanol–water partition coefficient (Wildman–Crippen LogP) is 2.40. The summed E-state index contributed by atoms with van der Waals surface area (Å²) in [4.78, 5) is 13.1. The molecule has 4 aromatic heterocycles. The number of rotatable bonds is 4. The first-order valence-electron chi connectivity index (χ1n) is 8.62. The first-order valence-corrected chi connectivity index (χ1v) is 8.62. The van der Waals surface area contributed by atoms with Crippen LogP contribution in [-0.2, 0) is 13.1 Å². The molecule has 1 aliphatic heterocycles. The largest absolute Gasteiger partial charge is 0.408 e. The second kappa shape index (κ2) is 6.44. The number of hydrogen-bond acceptors (Lipinski definition) is 7. The van der Waals surface area contributed by atoms with Crippen LogP contribution in [0.15, 0.2) is 49.3 Å². The number of alkyl halides is 3. The summed E-state index contributed by atoms with van der Waals surface area (Å²) in [5.74, 6) is 1.07. The third-order valence-electron chi connectivity index (χ3n) is 4.38. The molecule has 9 nitrogen and oxygen atoms in total. The molecule has 0 unspecified atom stereocenters. The number of pyridine rings is 1. The van der Waals surface area contributed by atoms with Gasteiger partial charge in [0, 0.05) is 30.4 Å². The Balaban J connectivity index is 1.40. The molecule has 1 aliphatic rings. The molecule has 0 bridgehead atoms. The van der Waals surface area contributed by atoms with Gasteiger partial charge in [0.1, 0.15) is 12.2 Å². The van der Waals surface area contributed by atoms with Crippen LogP contribution < -0.4 is 16.0 Å². The van der Waals surface area contributed by atoms with E-state index in [9.17, 15) is 13.2 Å². The van der Waals surface area contributed by atoms with Gasteiger partial charge < -0.3 is 4.40 Å². The molecular weight excluding hydrogens is 387 g/mol. The molecule has 0 radical (unpaired) electrons. The Morgan fingerprint density at radius 1 is 1.07 bits per heavy atom. The van der Waals surface area contributed by atoms with E-state index in [2.05, 4.69) is 31.0 Å². The molecule has 0 aliphatic carbocycles. The van der Waals surface area contributed by atoms with E-state index in [1.165, 1.54) is 18.6 Å². The standard InChI is InChI=1S/C17H14F3N9/c18-17(19,20)10-28-9-12(5-23-28)13-6-22-15-16(24-13)29(26-25-15)8-11-1-2-14-21-3-4-27(14)7-11/h1-7,9,26H,8,10H2,(H,22,25). The number of hydrazine groups is 2. The van der Waals surface area contributed by atoms with Gasteiger partial charge in [-0.3, -0.25) is 15.1 Å². The van der Waals surface area contributed by atoms with Gasteiger partial charge in [0.15, 0.2) is 11.6 Å². The normalized spacial score (nSPS) is 13.7. The monoisotopic (exact) mass is 401 g/mol. The highest BCUT2D eigenvalue weighted by Crippen LogP contribution is 2.29. The van der Waals surface area contributed by atoms with Crippen LogP contribution in [0.3, 0.4) is 0 Å². The Hall–Kier alpha value is -3.67. The van der Waals surface area contributed by atoms with Gasteiger partial charge in [-0.1, -0.05) is 6.07 Å². The Bertz CT molecular complexity index is 1180. The third-order valence-corrected chi connectivity index (χ3v) is 4.38. The summed E-state index contributed by atoms with van der Waals surface area (Å²) in [7, 11) is 0. The zero-order valence-corrected chi connectivity index (χ0v) is 14.8. The van der Waals surface area contributed by atoms with Crippen LogP contribution in [0.25, 0.3) is 16.9 Å². The Kier molecular flexibility index (Phi) is 3.87. The average molecular weight is 401 g/mol. The quantitative estimate of drug-likeness (QED) is 0.543. The number of aromatic nitrogens is 6. The summed E-state index contributed by atoms with van der Waals surface area (Å²) in [5, 5.41) is 5.53. The minimum atomic E-state index is -4.34. The van der Waals surface area contributed by atoms with Crippen molar-refractivity contribution in [3.63, 3.8) is 0 Å². The maximum absolute atomic E-state index is 12.6. The maximum atomic E-state index is 12.6. The van der Waals surface area contributed by atoms with Crippen molar-refractivity contribution in [2.45, 2.75) is 19.3 Å². The molecule has 0 saturated heterocycles. The average Bonchev–Trinajstić information content (AvgIpc) is 3.40. The zero-order chi connectivity index (χ0) is 20.0. The van der Waals surface area contributed by atoms with E-state index >= 15 is 0 Å². The van der Waals surface area contributed by atoms with Crippen LogP contribution in [0.2, 0.25) is 0 Å². The second-order valence-electron chi connectivity index (χ2n) is 6.52. The topological polar surface area (TPSA) is 88.2 Å². The number of fused-ring (bicyclic) bond motifs is 2. The predicted molar refractivity (Wildman–Crippen MR) is 97.4 cm³/mol. The molecule has 0 spiro atoms. The molecular formula is C17H14F3N9. The molecule has 5 heterocycles. The molecule has 0 amide bonds. The van der Waals surface area contributed by atoms with E-state index in [1.807, 2.05) is 28.9 Å². The van der Waals surface area contributed by atoms with Crippen molar-refractivity contribution in [1.82, 2.24) is 34.7 Å². The van der Waals surface area contributed by atoms with Crippen LogP contribution in [-0.4, -0.2) is 35.3 Å². The van der Waals surface area contributed by atoms with Gasteiger partial charge in [-0.15, -0.1) is 5.53 Å². The van der Waals surface area contributed by atoms with Gasteiger partial charge in [-0.2, -0.15) is 18.3 Å². The van der Waals surface area contributed by atoms with Crippen molar-refractivity contribution in [2.24, 2.45) is 0 Å². The van der Waals surface area contributed by atoms with Crippen LogP contribution in [0, 0.1) is 0 Å². The molecule has 29 heavy (non-hydrogen) atoms. The lowest BCUT2D eigenvalue weighted by molar-refractivity contribution is -0.142. The van der Waals surface area contributed by atoms with E-state index in [0.717, 1.165) is 15.9 Å². The summed E-state index contributed by atoms with van der Waals surface area (Å²) in [6, 6.07) is 3.87. The second-order valence-corrected chi connectivity index (χ2v) is 6.52. The van der Waals surface area contributed by atoms with Crippen molar-refractivity contribution >= 4 is 17.3 Å². The Morgan fingerprint density at radius 3 is 2.83 bits per heavy atom. The summed E-state index contributed by atoms with van der Waals surface area (Å²) in [6.45, 7) is -0.670. The number of nitrogens with one attached hydrogen (secondary N) is 2. The van der Waals surface area contributed by atoms with Crippen molar-refractivity contribution < 1.29 is 13.2 Å². The molecule has 12 heteroatoms. The van der Waals surface area contributed by atoms with Gasteiger partial charge >= 0.3 is 6.18 Å². The summed E-state index contributed by atoms with van der Waals surface area (Å²) in [5.41, 5.74) is 8.66. The molecule has 0 aromatic carbocycles. The lowest BCUT2D eigenvalue weighted by Gasteiger charge is -2.17. The van der Waals surface area contributed by atoms with Crippen LogP contribution in [0.4, 0.5) is 24.8 Å². The minimum absolute atomic E-state index is 0.428. The summed E-state index contributed by atoms with van der Waals surface area (Å²) in [6.07, 6.45) is 5.34. The van der Waals surface area contributed by atoms with E-state index in [4.69, 9.17) is 0 Å². The number of hydrogen-bond donors (Lipinski definition) is 2. The fraction of sp³-hybridized carbons (Fsp3) is 0.176. The van der Waals surface area contributed by atoms with E-state index in [-0.39, 0.29) is 0 Å². The van der Waals surface area contributed by atoms with Crippen molar-refractivity contribution in [3.8, 4) is 11.3 Å². The smallest absolute Gasteiger partial charge is 0.307 e. The Morgan fingerprint density at radius 2 is 1.97 bits per heavy atom. The highest BCUT2D eigenvalue weighted by Gasteiger charge is 2.29. The number of halogens is 3. The summed E-state index contributed by atoms with van der Waals surface area (Å²) >= 11 is 0. The van der Waals surface area contributed by atoms with Gasteiger partial charge in [0.2, 0.25) is 0 Å². The third kappa shape index (κ3) is 3.45. The highest BCUT2D eigenvalue weighted by molar-refractivity contribution is 5.69. The summed E-state index contributed by atoms with van der Waals surface area (Å²) < 4.78 is 40.4. The van der Waals surface area contributed by atoms with E-state index < -0.39 is 12.7 Å². The Labute approximate surface area is 161 Å². The molecule has 148 valence electrons. The fourth-order valence-corrected chi connectivity index (χ4v) is 3.09. The number of nitrogens with zero attached hydrogens (tertiary/aromatic N) is 7. The van der Waals surface area contributed by atoms with E-state index in [1.54, 1.807) is 11.2 Å². The van der Waals surface area contributed by atoms with Crippen LogP contribution in [0.5, 0.6) is 0 Å².